The lowest BCUT2D eigenvalue weighted by molar-refractivity contribution is -0.118. The Balaban J connectivity index is 2.49. The fourth-order valence-electron chi connectivity index (χ4n) is 0.993. The maximum Gasteiger partial charge on any atom is 0.236 e. The summed E-state index contributed by atoms with van der Waals surface area (Å²) >= 11 is 0. The van der Waals surface area contributed by atoms with E-state index in [-0.39, 0.29) is 5.91 Å². The van der Waals surface area contributed by atoms with E-state index in [1.807, 2.05) is 6.08 Å². The van der Waals surface area contributed by atoms with Crippen molar-refractivity contribution >= 4 is 11.6 Å². The lowest BCUT2D eigenvalue weighted by atomic mass is 10.3. The quantitative estimate of drug-likeness (QED) is 0.564. The second kappa shape index (κ2) is 3.32. The molecule has 1 rings (SSSR count). The van der Waals surface area contributed by atoms with Crippen LogP contribution in [0.15, 0.2) is 16.8 Å². The number of hydrogen-bond donors (Lipinski definition) is 1. The Kier molecular flexibility index (Phi) is 2.41. The maximum atomic E-state index is 10.4. The first kappa shape index (κ1) is 7.98. The summed E-state index contributed by atoms with van der Waals surface area (Å²) in [7, 11) is 0. The highest BCUT2D eigenvalue weighted by Gasteiger charge is 2.05. The van der Waals surface area contributed by atoms with Gasteiger partial charge in [0.2, 0.25) is 5.91 Å². The number of hydrogen-bond acceptors (Lipinski definition) is 2. The molecule has 1 aliphatic rings. The summed E-state index contributed by atoms with van der Waals surface area (Å²) in [5.41, 5.74) is 4.71. The summed E-state index contributed by atoms with van der Waals surface area (Å²) in [5.74, 6) is -0.115. The molecule has 1 amide bonds. The first-order chi connectivity index (χ1) is 5.18. The predicted octanol–water partition coefficient (Wildman–Crippen LogP) is 1.22. The summed E-state index contributed by atoms with van der Waals surface area (Å²) in [4.78, 5) is 10.4. The summed E-state index contributed by atoms with van der Waals surface area (Å²) in [5, 5.41) is 3.91. The van der Waals surface area contributed by atoms with E-state index in [1.165, 1.54) is 12.5 Å². The molecule has 0 fully saturated rings. The van der Waals surface area contributed by atoms with Crippen molar-refractivity contribution in [3.05, 3.63) is 11.6 Å². The highest BCUT2D eigenvalue weighted by atomic mass is 16.2. The molecule has 0 bridgehead atoms. The summed E-state index contributed by atoms with van der Waals surface area (Å²) < 4.78 is 0. The number of hydrazone groups is 1. The fraction of sp³-hybridized carbons (Fsp3) is 0.500. The molecular formula is C8H12N2O. The van der Waals surface area contributed by atoms with Crippen molar-refractivity contribution in [1.82, 2.24) is 5.43 Å². The standard InChI is InChI=1S/C8H12N2O/c1-6-3-4-8(5-6)10-9-7(2)11/h5H,3-4H2,1-2H3,(H,9,11). The van der Waals surface area contributed by atoms with Crippen LogP contribution in [0.3, 0.4) is 0 Å². The Morgan fingerprint density at radius 3 is 2.82 bits per heavy atom. The van der Waals surface area contributed by atoms with E-state index >= 15 is 0 Å². The molecule has 11 heavy (non-hydrogen) atoms. The minimum Gasteiger partial charge on any atom is -0.274 e. The van der Waals surface area contributed by atoms with Crippen LogP contribution in [0.25, 0.3) is 0 Å². The van der Waals surface area contributed by atoms with Gasteiger partial charge in [0, 0.05) is 6.92 Å². The fourth-order valence-corrected chi connectivity index (χ4v) is 0.993. The number of carbonyl (C=O) groups is 1. The molecule has 0 spiro atoms. The Morgan fingerprint density at radius 1 is 1.64 bits per heavy atom. The van der Waals surface area contributed by atoms with Crippen LogP contribution < -0.4 is 5.43 Å². The molecule has 0 unspecified atom stereocenters. The number of nitrogens with one attached hydrogen (secondary N) is 1. The van der Waals surface area contributed by atoms with Gasteiger partial charge >= 0.3 is 0 Å². The second-order valence-corrected chi connectivity index (χ2v) is 2.76. The molecule has 0 aromatic carbocycles. The molecule has 1 N–H and O–H groups in total. The molecule has 0 aromatic heterocycles. The Bertz CT molecular complexity index is 228. The molecule has 0 aliphatic heterocycles. The molecule has 1 aliphatic carbocycles. The average molecular weight is 152 g/mol. The first-order valence-corrected chi connectivity index (χ1v) is 3.69. The largest absolute Gasteiger partial charge is 0.274 e. The van der Waals surface area contributed by atoms with E-state index in [2.05, 4.69) is 17.5 Å². The van der Waals surface area contributed by atoms with Crippen LogP contribution in [0.5, 0.6) is 0 Å². The minimum atomic E-state index is -0.115. The number of nitrogens with zero attached hydrogens (tertiary/aromatic N) is 1. The van der Waals surface area contributed by atoms with Crippen LogP contribution in [0.1, 0.15) is 26.7 Å². The zero-order valence-corrected chi connectivity index (χ0v) is 6.85. The third-order valence-electron chi connectivity index (χ3n) is 1.55. The van der Waals surface area contributed by atoms with E-state index < -0.39 is 0 Å². The molecule has 60 valence electrons. The summed E-state index contributed by atoms with van der Waals surface area (Å²) in [6.07, 6.45) is 4.03. The summed E-state index contributed by atoms with van der Waals surface area (Å²) in [6, 6.07) is 0. The van der Waals surface area contributed by atoms with Crippen LogP contribution in [0, 0.1) is 0 Å². The van der Waals surface area contributed by atoms with Crippen molar-refractivity contribution in [2.24, 2.45) is 5.10 Å². The molecular weight excluding hydrogens is 140 g/mol. The van der Waals surface area contributed by atoms with Crippen LogP contribution in [-0.2, 0) is 4.79 Å². The lowest BCUT2D eigenvalue weighted by Crippen LogP contribution is -2.14. The number of carbonyl (C=O) groups excluding carboxylic acids is 1. The van der Waals surface area contributed by atoms with Gasteiger partial charge in [-0.15, -0.1) is 0 Å². The summed E-state index contributed by atoms with van der Waals surface area (Å²) in [6.45, 7) is 3.52. The van der Waals surface area contributed by atoms with Gasteiger partial charge in [-0.1, -0.05) is 5.57 Å². The average Bonchev–Trinajstić information content (AvgIpc) is 2.31. The van der Waals surface area contributed by atoms with Gasteiger partial charge < -0.3 is 0 Å². The molecule has 3 nitrogen and oxygen atoms in total. The van der Waals surface area contributed by atoms with Gasteiger partial charge in [0.05, 0.1) is 5.71 Å². The molecule has 0 aromatic rings. The van der Waals surface area contributed by atoms with Gasteiger partial charge in [-0.2, -0.15) is 5.10 Å². The minimum absolute atomic E-state index is 0.115. The zero-order valence-electron chi connectivity index (χ0n) is 6.85. The first-order valence-electron chi connectivity index (χ1n) is 3.69. The molecule has 0 atom stereocenters. The van der Waals surface area contributed by atoms with E-state index in [4.69, 9.17) is 0 Å². The van der Waals surface area contributed by atoms with Gasteiger partial charge in [0.25, 0.3) is 0 Å². The van der Waals surface area contributed by atoms with Crippen molar-refractivity contribution in [2.45, 2.75) is 26.7 Å². The van der Waals surface area contributed by atoms with Crippen molar-refractivity contribution < 1.29 is 4.79 Å². The highest BCUT2D eigenvalue weighted by Crippen LogP contribution is 2.13. The van der Waals surface area contributed by atoms with Crippen LogP contribution in [0.2, 0.25) is 0 Å². The number of allylic oxidation sites excluding steroid dienone is 2. The molecule has 3 heteroatoms. The Morgan fingerprint density at radius 2 is 2.36 bits per heavy atom. The third-order valence-corrected chi connectivity index (χ3v) is 1.55. The SMILES string of the molecule is CC(=O)NN=C1C=C(C)CC1. The van der Waals surface area contributed by atoms with E-state index in [1.54, 1.807) is 0 Å². The Labute approximate surface area is 66.2 Å². The number of rotatable bonds is 1. The maximum absolute atomic E-state index is 10.4. The predicted molar refractivity (Wildman–Crippen MR) is 44.2 cm³/mol. The van der Waals surface area contributed by atoms with Crippen molar-refractivity contribution in [3.63, 3.8) is 0 Å². The van der Waals surface area contributed by atoms with E-state index in [9.17, 15) is 4.79 Å². The third kappa shape index (κ3) is 2.53. The van der Waals surface area contributed by atoms with Gasteiger partial charge in [0.15, 0.2) is 0 Å². The number of amides is 1. The van der Waals surface area contributed by atoms with Gasteiger partial charge in [-0.05, 0) is 25.8 Å². The smallest absolute Gasteiger partial charge is 0.236 e. The van der Waals surface area contributed by atoms with Crippen LogP contribution in [0.4, 0.5) is 0 Å². The second-order valence-electron chi connectivity index (χ2n) is 2.76. The zero-order chi connectivity index (χ0) is 8.27. The van der Waals surface area contributed by atoms with Gasteiger partial charge in [-0.3, -0.25) is 4.79 Å². The van der Waals surface area contributed by atoms with Gasteiger partial charge in [0.1, 0.15) is 0 Å². The van der Waals surface area contributed by atoms with Crippen LogP contribution >= 0.6 is 0 Å². The molecule has 0 radical (unpaired) electrons. The lowest BCUT2D eigenvalue weighted by Gasteiger charge is -1.92. The van der Waals surface area contributed by atoms with E-state index in [0.717, 1.165) is 18.6 Å². The highest BCUT2D eigenvalue weighted by molar-refractivity contribution is 5.98. The van der Waals surface area contributed by atoms with Gasteiger partial charge in [-0.25, -0.2) is 5.43 Å². The topological polar surface area (TPSA) is 41.5 Å². The van der Waals surface area contributed by atoms with Crippen molar-refractivity contribution in [2.75, 3.05) is 0 Å². The van der Waals surface area contributed by atoms with E-state index in [0.29, 0.717) is 0 Å². The van der Waals surface area contributed by atoms with Crippen LogP contribution in [-0.4, -0.2) is 11.6 Å². The normalized spacial score (nSPS) is 20.2. The molecule has 0 saturated heterocycles. The monoisotopic (exact) mass is 152 g/mol. The Hall–Kier alpha value is -1.12. The molecule has 0 saturated carbocycles. The van der Waals surface area contributed by atoms with Crippen molar-refractivity contribution in [1.29, 1.82) is 0 Å². The molecule has 0 heterocycles. The van der Waals surface area contributed by atoms with Crippen molar-refractivity contribution in [3.8, 4) is 0 Å².